The number of anilines is 1. The van der Waals surface area contributed by atoms with Gasteiger partial charge >= 0.3 is 6.09 Å². The van der Waals surface area contributed by atoms with Crippen molar-refractivity contribution in [3.05, 3.63) is 40.9 Å². The first-order chi connectivity index (χ1) is 9.71. The Kier molecular flexibility index (Phi) is 4.91. The molecule has 0 bridgehead atoms. The zero-order valence-electron chi connectivity index (χ0n) is 11.1. The third-order valence-electron chi connectivity index (χ3n) is 2.69. The topological polar surface area (TPSA) is 89.3 Å². The zero-order valence-corrected chi connectivity index (χ0v) is 11.9. The second kappa shape index (κ2) is 6.88. The number of hydrogen-bond donors (Lipinski definition) is 3. The quantitative estimate of drug-likeness (QED) is 0.445. The number of nitrogens with two attached hydrogens (primary N) is 1. The van der Waals surface area contributed by atoms with Crippen LogP contribution in [-0.4, -0.2) is 18.1 Å². The van der Waals surface area contributed by atoms with Crippen molar-refractivity contribution in [2.75, 3.05) is 12.4 Å². The van der Waals surface area contributed by atoms with Gasteiger partial charge in [0, 0.05) is 12.4 Å². The third-order valence-corrected chi connectivity index (χ3v) is 3.60. The minimum absolute atomic E-state index is 0.461. The maximum Gasteiger partial charge on any atom is 0.426 e. The van der Waals surface area contributed by atoms with Crippen LogP contribution < -0.4 is 21.3 Å². The molecule has 6 nitrogen and oxygen atoms in total. The van der Waals surface area contributed by atoms with Gasteiger partial charge in [-0.1, -0.05) is 12.1 Å². The fourth-order valence-corrected chi connectivity index (χ4v) is 2.38. The number of carbonyl (C=O) groups excluding carboxylic acids is 1. The number of nitrogens with zero attached hydrogens (tertiary/aromatic N) is 1. The minimum atomic E-state index is -0.681. The van der Waals surface area contributed by atoms with E-state index in [0.717, 1.165) is 29.2 Å². The van der Waals surface area contributed by atoms with Gasteiger partial charge in [-0.2, -0.15) is 0 Å². The zero-order chi connectivity index (χ0) is 14.4. The number of thiazole rings is 1. The van der Waals surface area contributed by atoms with E-state index >= 15 is 0 Å². The number of hydrogen-bond acceptors (Lipinski definition) is 6. The van der Waals surface area contributed by atoms with Crippen LogP contribution in [0.1, 0.15) is 11.3 Å². The van der Waals surface area contributed by atoms with E-state index in [4.69, 9.17) is 10.6 Å². The van der Waals surface area contributed by atoms with Crippen molar-refractivity contribution >= 4 is 22.6 Å². The highest BCUT2D eigenvalue weighted by Crippen LogP contribution is 2.17. The van der Waals surface area contributed by atoms with Crippen LogP contribution in [0.2, 0.25) is 0 Å². The molecule has 0 aliphatic heterocycles. The van der Waals surface area contributed by atoms with Crippen LogP contribution >= 0.6 is 11.3 Å². The second-order valence-corrected chi connectivity index (χ2v) is 4.93. The molecular formula is C13H16N4O2S. The normalized spacial score (nSPS) is 10.1. The average molecular weight is 292 g/mol. The summed E-state index contributed by atoms with van der Waals surface area (Å²) in [6.07, 6.45) is 1.08. The highest BCUT2D eigenvalue weighted by Gasteiger charge is 2.03. The van der Waals surface area contributed by atoms with Crippen molar-refractivity contribution in [1.29, 1.82) is 0 Å². The van der Waals surface area contributed by atoms with Gasteiger partial charge in [0.25, 0.3) is 0 Å². The monoisotopic (exact) mass is 292 g/mol. The van der Waals surface area contributed by atoms with Gasteiger partial charge < -0.3 is 10.1 Å². The molecule has 7 heteroatoms. The molecule has 1 aromatic carbocycles. The molecule has 106 valence electrons. The predicted octanol–water partition coefficient (Wildman–Crippen LogP) is 1.93. The van der Waals surface area contributed by atoms with E-state index in [1.54, 1.807) is 23.5 Å². The SMILES string of the molecule is CNc1nc(CCc2ccc(OC(=O)NN)cc2)cs1. The van der Waals surface area contributed by atoms with Gasteiger partial charge in [-0.15, -0.1) is 11.3 Å². The van der Waals surface area contributed by atoms with Crippen LogP contribution in [0.4, 0.5) is 9.93 Å². The van der Waals surface area contributed by atoms with Crippen molar-refractivity contribution in [3.63, 3.8) is 0 Å². The fourth-order valence-electron chi connectivity index (χ4n) is 1.67. The van der Waals surface area contributed by atoms with E-state index in [1.807, 2.05) is 24.6 Å². The number of ether oxygens (including phenoxy) is 1. The number of aromatic nitrogens is 1. The van der Waals surface area contributed by atoms with E-state index in [-0.39, 0.29) is 0 Å². The number of hydrazine groups is 1. The van der Waals surface area contributed by atoms with Gasteiger partial charge in [-0.05, 0) is 30.5 Å². The van der Waals surface area contributed by atoms with E-state index in [9.17, 15) is 4.79 Å². The number of carbonyl (C=O) groups is 1. The van der Waals surface area contributed by atoms with Crippen molar-refractivity contribution < 1.29 is 9.53 Å². The molecule has 2 rings (SSSR count). The van der Waals surface area contributed by atoms with Crippen LogP contribution in [0.15, 0.2) is 29.6 Å². The van der Waals surface area contributed by atoms with Gasteiger partial charge in [0.05, 0.1) is 5.69 Å². The lowest BCUT2D eigenvalue weighted by Crippen LogP contribution is -2.32. The average Bonchev–Trinajstić information content (AvgIpc) is 2.94. The highest BCUT2D eigenvalue weighted by molar-refractivity contribution is 7.13. The van der Waals surface area contributed by atoms with E-state index in [1.165, 1.54) is 0 Å². The van der Waals surface area contributed by atoms with Gasteiger partial charge in [-0.25, -0.2) is 15.6 Å². The Morgan fingerprint density at radius 2 is 2.10 bits per heavy atom. The molecule has 0 spiro atoms. The van der Waals surface area contributed by atoms with Crippen molar-refractivity contribution in [3.8, 4) is 5.75 Å². The number of amides is 1. The molecule has 0 unspecified atom stereocenters. The van der Waals surface area contributed by atoms with Gasteiger partial charge in [0.15, 0.2) is 5.13 Å². The summed E-state index contributed by atoms with van der Waals surface area (Å²) >= 11 is 1.60. The lowest BCUT2D eigenvalue weighted by Gasteiger charge is -2.04. The molecule has 1 amide bonds. The van der Waals surface area contributed by atoms with Crippen molar-refractivity contribution in [2.24, 2.45) is 5.84 Å². The van der Waals surface area contributed by atoms with Crippen LogP contribution in [0, 0.1) is 0 Å². The number of benzene rings is 1. The molecule has 0 saturated heterocycles. The number of rotatable bonds is 5. The van der Waals surface area contributed by atoms with Gasteiger partial charge in [0.1, 0.15) is 5.75 Å². The summed E-state index contributed by atoms with van der Waals surface area (Å²) < 4.78 is 4.91. The first-order valence-electron chi connectivity index (χ1n) is 6.11. The Bertz CT molecular complexity index is 568. The largest absolute Gasteiger partial charge is 0.426 e. The van der Waals surface area contributed by atoms with Crippen LogP contribution in [-0.2, 0) is 12.8 Å². The first kappa shape index (κ1) is 14.3. The molecule has 1 heterocycles. The Labute approximate surface area is 120 Å². The number of aryl methyl sites for hydroxylation is 2. The van der Waals surface area contributed by atoms with Crippen LogP contribution in [0.3, 0.4) is 0 Å². The number of nitrogens with one attached hydrogen (secondary N) is 2. The van der Waals surface area contributed by atoms with E-state index < -0.39 is 6.09 Å². The molecule has 0 fully saturated rings. The minimum Gasteiger partial charge on any atom is -0.409 e. The highest BCUT2D eigenvalue weighted by atomic mass is 32.1. The maximum absolute atomic E-state index is 10.9. The third kappa shape index (κ3) is 3.94. The summed E-state index contributed by atoms with van der Waals surface area (Å²) in [4.78, 5) is 15.4. The maximum atomic E-state index is 10.9. The molecule has 0 atom stereocenters. The summed E-state index contributed by atoms with van der Waals surface area (Å²) in [7, 11) is 1.86. The Hall–Kier alpha value is -2.12. The summed E-state index contributed by atoms with van der Waals surface area (Å²) in [5.74, 6) is 5.40. The lowest BCUT2D eigenvalue weighted by atomic mass is 10.1. The lowest BCUT2D eigenvalue weighted by molar-refractivity contribution is 0.200. The van der Waals surface area contributed by atoms with Crippen molar-refractivity contribution in [1.82, 2.24) is 10.4 Å². The summed E-state index contributed by atoms with van der Waals surface area (Å²) in [5, 5.41) is 6.00. The molecule has 0 aliphatic carbocycles. The predicted molar refractivity (Wildman–Crippen MR) is 78.9 cm³/mol. The molecule has 2 aromatic rings. The van der Waals surface area contributed by atoms with Crippen molar-refractivity contribution in [2.45, 2.75) is 12.8 Å². The summed E-state index contributed by atoms with van der Waals surface area (Å²) in [6, 6.07) is 7.32. The Morgan fingerprint density at radius 1 is 1.35 bits per heavy atom. The summed E-state index contributed by atoms with van der Waals surface area (Å²) in [6.45, 7) is 0. The second-order valence-electron chi connectivity index (χ2n) is 4.07. The molecule has 4 N–H and O–H groups in total. The summed E-state index contributed by atoms with van der Waals surface area (Å²) in [5.41, 5.74) is 4.14. The molecule has 0 saturated carbocycles. The molecule has 0 aliphatic rings. The van der Waals surface area contributed by atoms with E-state index in [2.05, 4.69) is 15.7 Å². The molecule has 0 radical (unpaired) electrons. The fraction of sp³-hybridized carbons (Fsp3) is 0.231. The molecule has 1 aromatic heterocycles. The smallest absolute Gasteiger partial charge is 0.409 e. The van der Waals surface area contributed by atoms with E-state index in [0.29, 0.717) is 5.75 Å². The van der Waals surface area contributed by atoms with Gasteiger partial charge in [0.2, 0.25) is 0 Å². The Morgan fingerprint density at radius 3 is 2.70 bits per heavy atom. The van der Waals surface area contributed by atoms with Crippen LogP contribution in [0.25, 0.3) is 0 Å². The molecular weight excluding hydrogens is 276 g/mol. The molecule has 20 heavy (non-hydrogen) atoms. The van der Waals surface area contributed by atoms with Crippen LogP contribution in [0.5, 0.6) is 5.75 Å². The first-order valence-corrected chi connectivity index (χ1v) is 6.98. The Balaban J connectivity index is 1.88. The van der Waals surface area contributed by atoms with Gasteiger partial charge in [-0.3, -0.25) is 5.43 Å². The standard InChI is InChI=1S/C13H16N4O2S/c1-15-12-16-10(8-20-12)5-2-9-3-6-11(7-4-9)19-13(18)17-14/h3-4,6-8H,2,5,14H2,1H3,(H,15,16)(H,17,18).